The predicted molar refractivity (Wildman–Crippen MR) is 54.4 cm³/mol. The predicted octanol–water partition coefficient (Wildman–Crippen LogP) is 1.48. The molecule has 0 aliphatic heterocycles. The smallest absolute Gasteiger partial charge is 0.246 e. The van der Waals surface area contributed by atoms with Crippen LogP contribution < -0.4 is 9.47 Å². The minimum Gasteiger partial charge on any atom is -0.480 e. The first-order valence-electron chi connectivity index (χ1n) is 4.71. The van der Waals surface area contributed by atoms with Crippen molar-refractivity contribution in [3.05, 3.63) is 11.9 Å². The maximum absolute atomic E-state index is 11.6. The third-order valence-corrected chi connectivity index (χ3v) is 1.86. The summed E-state index contributed by atoms with van der Waals surface area (Å²) < 4.78 is 9.87. The fourth-order valence-corrected chi connectivity index (χ4v) is 1.13. The van der Waals surface area contributed by atoms with E-state index in [2.05, 4.69) is 9.97 Å². The maximum atomic E-state index is 11.6. The van der Waals surface area contributed by atoms with E-state index in [0.717, 1.165) is 6.42 Å². The molecule has 0 aromatic carbocycles. The number of rotatable bonds is 5. The third-order valence-electron chi connectivity index (χ3n) is 1.86. The summed E-state index contributed by atoms with van der Waals surface area (Å²) in [5.41, 5.74) is 0.264. The van der Waals surface area contributed by atoms with Crippen molar-refractivity contribution >= 4 is 5.78 Å². The van der Waals surface area contributed by atoms with Gasteiger partial charge in [-0.05, 0) is 6.42 Å². The molecule has 0 saturated carbocycles. The fraction of sp³-hybridized carbons (Fsp3) is 0.500. The molecular formula is C10H14N2O3. The number of ketones is 1. The van der Waals surface area contributed by atoms with Crippen LogP contribution in [0.5, 0.6) is 11.8 Å². The summed E-state index contributed by atoms with van der Waals surface area (Å²) in [6, 6.07) is 0. The molecule has 1 rings (SSSR count). The molecule has 1 aromatic heterocycles. The van der Waals surface area contributed by atoms with Crippen LogP contribution in [0.4, 0.5) is 0 Å². The molecule has 1 heterocycles. The Hall–Kier alpha value is -1.65. The van der Waals surface area contributed by atoms with Crippen LogP contribution in [-0.4, -0.2) is 30.0 Å². The monoisotopic (exact) mass is 210 g/mol. The van der Waals surface area contributed by atoms with Crippen molar-refractivity contribution in [2.24, 2.45) is 0 Å². The largest absolute Gasteiger partial charge is 0.480 e. The van der Waals surface area contributed by atoms with Crippen molar-refractivity contribution in [3.63, 3.8) is 0 Å². The summed E-state index contributed by atoms with van der Waals surface area (Å²) in [7, 11) is 2.93. The number of hydrogen-bond acceptors (Lipinski definition) is 5. The highest BCUT2D eigenvalue weighted by molar-refractivity contribution is 5.96. The molecule has 0 unspecified atom stereocenters. The van der Waals surface area contributed by atoms with Gasteiger partial charge in [-0.15, -0.1) is 0 Å². The number of methoxy groups -OCH3 is 2. The second-order valence-corrected chi connectivity index (χ2v) is 2.94. The van der Waals surface area contributed by atoms with Crippen molar-refractivity contribution in [2.45, 2.75) is 19.8 Å². The Balaban J connectivity index is 3.02. The third kappa shape index (κ3) is 2.65. The standard InChI is InChI=1S/C10H14N2O3/c1-4-5-7(13)9-10(15-3)12-8(14-2)6-11-9/h6H,4-5H2,1-3H3. The number of nitrogens with zero attached hydrogens (tertiary/aromatic N) is 2. The molecule has 0 N–H and O–H groups in total. The molecule has 5 heteroatoms. The number of carbonyl (C=O) groups is 1. The lowest BCUT2D eigenvalue weighted by atomic mass is 10.2. The van der Waals surface area contributed by atoms with Gasteiger partial charge in [-0.3, -0.25) is 4.79 Å². The molecule has 0 bridgehead atoms. The van der Waals surface area contributed by atoms with Crippen molar-refractivity contribution in [1.82, 2.24) is 9.97 Å². The molecule has 15 heavy (non-hydrogen) atoms. The molecule has 0 spiro atoms. The van der Waals surface area contributed by atoms with Crippen molar-refractivity contribution < 1.29 is 14.3 Å². The topological polar surface area (TPSA) is 61.3 Å². The van der Waals surface area contributed by atoms with Gasteiger partial charge in [0.15, 0.2) is 11.5 Å². The van der Waals surface area contributed by atoms with Crippen LogP contribution in [0.1, 0.15) is 30.3 Å². The van der Waals surface area contributed by atoms with E-state index in [1.807, 2.05) is 6.92 Å². The van der Waals surface area contributed by atoms with Crippen LogP contribution in [0.3, 0.4) is 0 Å². The fourth-order valence-electron chi connectivity index (χ4n) is 1.13. The van der Waals surface area contributed by atoms with Crippen molar-refractivity contribution in [1.29, 1.82) is 0 Å². The SMILES string of the molecule is CCCC(=O)c1ncc(OC)nc1OC. The van der Waals surface area contributed by atoms with Gasteiger partial charge in [-0.25, -0.2) is 4.98 Å². The second kappa shape index (κ2) is 5.29. The van der Waals surface area contributed by atoms with E-state index in [0.29, 0.717) is 12.3 Å². The molecular weight excluding hydrogens is 196 g/mol. The van der Waals surface area contributed by atoms with E-state index in [9.17, 15) is 4.79 Å². The maximum Gasteiger partial charge on any atom is 0.246 e. The van der Waals surface area contributed by atoms with Crippen LogP contribution in [0.15, 0.2) is 6.20 Å². The summed E-state index contributed by atoms with van der Waals surface area (Å²) >= 11 is 0. The molecule has 1 aromatic rings. The summed E-state index contributed by atoms with van der Waals surface area (Å²) in [5, 5.41) is 0. The van der Waals surface area contributed by atoms with Gasteiger partial charge in [0, 0.05) is 6.42 Å². The Bertz CT molecular complexity index is 353. The zero-order chi connectivity index (χ0) is 11.3. The highest BCUT2D eigenvalue weighted by atomic mass is 16.5. The van der Waals surface area contributed by atoms with E-state index in [4.69, 9.17) is 9.47 Å². The average molecular weight is 210 g/mol. The molecule has 0 fully saturated rings. The van der Waals surface area contributed by atoms with E-state index in [1.54, 1.807) is 0 Å². The van der Waals surface area contributed by atoms with Gasteiger partial charge >= 0.3 is 0 Å². The van der Waals surface area contributed by atoms with Gasteiger partial charge in [0.1, 0.15) is 0 Å². The Morgan fingerprint density at radius 3 is 2.67 bits per heavy atom. The Morgan fingerprint density at radius 1 is 1.40 bits per heavy atom. The molecule has 0 aliphatic carbocycles. The van der Waals surface area contributed by atoms with Gasteiger partial charge in [-0.1, -0.05) is 6.92 Å². The Labute approximate surface area is 88.4 Å². The van der Waals surface area contributed by atoms with Crippen LogP contribution >= 0.6 is 0 Å². The summed E-state index contributed by atoms with van der Waals surface area (Å²) in [6.45, 7) is 1.93. The Morgan fingerprint density at radius 2 is 2.13 bits per heavy atom. The lowest BCUT2D eigenvalue weighted by molar-refractivity contribution is 0.0972. The molecule has 5 nitrogen and oxygen atoms in total. The van der Waals surface area contributed by atoms with Gasteiger partial charge in [0.2, 0.25) is 11.8 Å². The summed E-state index contributed by atoms with van der Waals surface area (Å²) in [5.74, 6) is 0.484. The zero-order valence-electron chi connectivity index (χ0n) is 9.11. The lowest BCUT2D eigenvalue weighted by Gasteiger charge is -2.06. The van der Waals surface area contributed by atoms with Crippen LogP contribution in [0.2, 0.25) is 0 Å². The van der Waals surface area contributed by atoms with E-state index in [1.165, 1.54) is 20.4 Å². The molecule has 0 saturated heterocycles. The van der Waals surface area contributed by atoms with E-state index < -0.39 is 0 Å². The van der Waals surface area contributed by atoms with Gasteiger partial charge in [-0.2, -0.15) is 4.98 Å². The average Bonchev–Trinajstić information content (AvgIpc) is 2.28. The first-order valence-corrected chi connectivity index (χ1v) is 4.71. The van der Waals surface area contributed by atoms with Crippen LogP contribution in [0.25, 0.3) is 0 Å². The molecule has 0 radical (unpaired) electrons. The summed E-state index contributed by atoms with van der Waals surface area (Å²) in [4.78, 5) is 19.6. The first kappa shape index (κ1) is 11.4. The zero-order valence-corrected chi connectivity index (χ0v) is 9.11. The number of carbonyl (C=O) groups excluding carboxylic acids is 1. The highest BCUT2D eigenvalue weighted by Crippen LogP contribution is 2.18. The Kier molecular flexibility index (Phi) is 4.03. The molecule has 0 aliphatic rings. The first-order chi connectivity index (χ1) is 7.22. The van der Waals surface area contributed by atoms with Gasteiger partial charge in [0.25, 0.3) is 0 Å². The van der Waals surface area contributed by atoms with Crippen molar-refractivity contribution in [3.8, 4) is 11.8 Å². The second-order valence-electron chi connectivity index (χ2n) is 2.94. The van der Waals surface area contributed by atoms with Crippen LogP contribution in [-0.2, 0) is 0 Å². The minimum atomic E-state index is -0.0653. The quantitative estimate of drug-likeness (QED) is 0.689. The van der Waals surface area contributed by atoms with E-state index >= 15 is 0 Å². The number of Topliss-reactive ketones (excluding diaryl/α,β-unsaturated/α-hetero) is 1. The van der Waals surface area contributed by atoms with Gasteiger partial charge in [0.05, 0.1) is 20.4 Å². The summed E-state index contributed by atoms with van der Waals surface area (Å²) in [6.07, 6.45) is 2.62. The van der Waals surface area contributed by atoms with E-state index in [-0.39, 0.29) is 17.4 Å². The molecule has 0 atom stereocenters. The normalized spacial score (nSPS) is 9.80. The van der Waals surface area contributed by atoms with Gasteiger partial charge < -0.3 is 9.47 Å². The molecule has 0 amide bonds. The van der Waals surface area contributed by atoms with Crippen molar-refractivity contribution in [2.75, 3.05) is 14.2 Å². The molecule has 82 valence electrons. The van der Waals surface area contributed by atoms with Crippen LogP contribution in [0, 0.1) is 0 Å². The number of aromatic nitrogens is 2. The number of ether oxygens (including phenoxy) is 2. The number of hydrogen-bond donors (Lipinski definition) is 0. The minimum absolute atomic E-state index is 0.0653. The lowest BCUT2D eigenvalue weighted by Crippen LogP contribution is -2.07. The highest BCUT2D eigenvalue weighted by Gasteiger charge is 2.15.